The van der Waals surface area contributed by atoms with Crippen LogP contribution < -0.4 is 4.90 Å². The van der Waals surface area contributed by atoms with E-state index < -0.39 is 6.10 Å². The van der Waals surface area contributed by atoms with E-state index in [-0.39, 0.29) is 19.3 Å². The summed E-state index contributed by atoms with van der Waals surface area (Å²) in [7, 11) is 0. The minimum atomic E-state index is -0.656. The van der Waals surface area contributed by atoms with E-state index in [2.05, 4.69) is 43.9 Å². The zero-order valence-corrected chi connectivity index (χ0v) is 18.6. The molecule has 0 bridgehead atoms. The van der Waals surface area contributed by atoms with Crippen LogP contribution in [0.2, 0.25) is 0 Å². The van der Waals surface area contributed by atoms with Crippen LogP contribution in [-0.2, 0) is 6.54 Å². The predicted octanol–water partition coefficient (Wildman–Crippen LogP) is 0.848. The van der Waals surface area contributed by atoms with Crippen molar-refractivity contribution in [3.63, 3.8) is 0 Å². The molecule has 9 nitrogen and oxygen atoms in total. The molecule has 0 aliphatic carbocycles. The summed E-state index contributed by atoms with van der Waals surface area (Å²) < 4.78 is 7.16. The Morgan fingerprint density at radius 2 is 1.79 bits per heavy atom. The van der Waals surface area contributed by atoms with Crippen molar-refractivity contribution in [2.45, 2.75) is 25.6 Å². The molecule has 1 aromatic carbocycles. The molecule has 3 aromatic rings. The fourth-order valence-corrected chi connectivity index (χ4v) is 3.97. The first-order valence-electron chi connectivity index (χ1n) is 11.0. The molecule has 0 amide bonds. The van der Waals surface area contributed by atoms with Crippen molar-refractivity contribution < 1.29 is 19.8 Å². The van der Waals surface area contributed by atoms with Crippen molar-refractivity contribution >= 4 is 5.69 Å². The number of hydrogen-bond donors (Lipinski definition) is 3. The molecule has 0 saturated carbocycles. The zero-order valence-electron chi connectivity index (χ0n) is 18.6. The van der Waals surface area contributed by atoms with Crippen LogP contribution in [-0.4, -0.2) is 80.4 Å². The van der Waals surface area contributed by atoms with E-state index >= 15 is 0 Å². The second kappa shape index (κ2) is 10.6. The lowest BCUT2D eigenvalue weighted by atomic mass is 10.1. The van der Waals surface area contributed by atoms with Crippen molar-refractivity contribution in [1.82, 2.24) is 19.6 Å². The lowest BCUT2D eigenvalue weighted by Crippen LogP contribution is -2.52. The Balaban J connectivity index is 1.34. The first-order chi connectivity index (χ1) is 16.1. The number of aliphatic hydroxyl groups is 3. The summed E-state index contributed by atoms with van der Waals surface area (Å²) in [6, 6.07) is 9.68. The lowest BCUT2D eigenvalue weighted by Gasteiger charge is -2.39. The van der Waals surface area contributed by atoms with Gasteiger partial charge in [0.1, 0.15) is 17.6 Å². The number of benzene rings is 1. The molecule has 0 spiro atoms. The van der Waals surface area contributed by atoms with Gasteiger partial charge in [0.15, 0.2) is 0 Å². The highest BCUT2D eigenvalue weighted by Crippen LogP contribution is 2.18. The quantitative estimate of drug-likeness (QED) is 0.454. The SMILES string of the molecule is C[C@H](O)c1nccn1Cc1cc(C#Cc2ccc(N3CCN(C(CO)CO)CC3)cc2)on1. The maximum Gasteiger partial charge on any atom is 0.210 e. The fourth-order valence-electron chi connectivity index (χ4n) is 3.97. The molecule has 3 N–H and O–H groups in total. The summed E-state index contributed by atoms with van der Waals surface area (Å²) in [5.41, 5.74) is 2.71. The average Bonchev–Trinajstić information content (AvgIpc) is 3.49. The van der Waals surface area contributed by atoms with Gasteiger partial charge in [-0.3, -0.25) is 4.90 Å². The maximum atomic E-state index is 9.77. The van der Waals surface area contributed by atoms with Gasteiger partial charge in [0.05, 0.1) is 25.8 Å². The Morgan fingerprint density at radius 3 is 2.45 bits per heavy atom. The summed E-state index contributed by atoms with van der Waals surface area (Å²) in [5.74, 6) is 7.17. The second-order valence-corrected chi connectivity index (χ2v) is 8.11. The third-order valence-electron chi connectivity index (χ3n) is 5.83. The normalized spacial score (nSPS) is 15.5. The molecule has 2 aromatic heterocycles. The molecule has 9 heteroatoms. The van der Waals surface area contributed by atoms with Crippen LogP contribution in [0.4, 0.5) is 5.69 Å². The van der Waals surface area contributed by atoms with E-state index in [9.17, 15) is 15.3 Å². The Morgan fingerprint density at radius 1 is 1.06 bits per heavy atom. The lowest BCUT2D eigenvalue weighted by molar-refractivity contribution is 0.0700. The van der Waals surface area contributed by atoms with E-state index in [0.717, 1.165) is 37.4 Å². The molecule has 0 unspecified atom stereocenters. The number of rotatable bonds is 7. The molecule has 174 valence electrons. The van der Waals surface area contributed by atoms with Gasteiger partial charge in [0, 0.05) is 55.9 Å². The van der Waals surface area contributed by atoms with Crippen molar-refractivity contribution in [2.24, 2.45) is 0 Å². The summed E-state index contributed by atoms with van der Waals surface area (Å²) in [6.45, 7) is 5.37. The molecule has 1 aliphatic heterocycles. The van der Waals surface area contributed by atoms with Gasteiger partial charge in [-0.05, 0) is 37.1 Å². The average molecular weight is 452 g/mol. The van der Waals surface area contributed by atoms with E-state index in [1.54, 1.807) is 25.4 Å². The summed E-state index contributed by atoms with van der Waals surface area (Å²) >= 11 is 0. The van der Waals surface area contributed by atoms with Crippen LogP contribution >= 0.6 is 0 Å². The Hall–Kier alpha value is -3.16. The minimum Gasteiger partial charge on any atom is -0.395 e. The highest BCUT2D eigenvalue weighted by molar-refractivity contribution is 5.51. The second-order valence-electron chi connectivity index (χ2n) is 8.11. The number of hydrogen-bond acceptors (Lipinski definition) is 8. The number of nitrogens with zero attached hydrogens (tertiary/aromatic N) is 5. The number of aromatic nitrogens is 3. The summed E-state index contributed by atoms with van der Waals surface area (Å²) in [4.78, 5) is 8.57. The Labute approximate surface area is 192 Å². The van der Waals surface area contributed by atoms with E-state index in [0.29, 0.717) is 23.8 Å². The third-order valence-corrected chi connectivity index (χ3v) is 5.83. The van der Waals surface area contributed by atoms with E-state index in [1.807, 2.05) is 16.7 Å². The van der Waals surface area contributed by atoms with E-state index in [1.165, 1.54) is 0 Å². The van der Waals surface area contributed by atoms with Crippen molar-refractivity contribution in [2.75, 3.05) is 44.3 Å². The topological polar surface area (TPSA) is 111 Å². The fraction of sp³-hybridized carbons (Fsp3) is 0.417. The summed E-state index contributed by atoms with van der Waals surface area (Å²) in [5, 5.41) is 32.6. The first kappa shape index (κ1) is 23.0. The van der Waals surface area contributed by atoms with Crippen LogP contribution in [0.1, 0.15) is 35.9 Å². The number of anilines is 1. The van der Waals surface area contributed by atoms with Gasteiger partial charge in [-0.25, -0.2) is 4.98 Å². The van der Waals surface area contributed by atoms with Crippen LogP contribution in [0, 0.1) is 11.8 Å². The Kier molecular flexibility index (Phi) is 7.42. The molecular formula is C24H29N5O4. The van der Waals surface area contributed by atoms with Crippen molar-refractivity contribution in [3.05, 3.63) is 65.6 Å². The number of imidazole rings is 1. The van der Waals surface area contributed by atoms with Crippen LogP contribution in [0.5, 0.6) is 0 Å². The molecule has 1 fully saturated rings. The Bertz CT molecular complexity index is 1080. The van der Waals surface area contributed by atoms with Crippen LogP contribution in [0.25, 0.3) is 0 Å². The van der Waals surface area contributed by atoms with Gasteiger partial charge in [0.2, 0.25) is 5.76 Å². The van der Waals surface area contributed by atoms with Gasteiger partial charge in [0.25, 0.3) is 0 Å². The van der Waals surface area contributed by atoms with Crippen LogP contribution in [0.15, 0.2) is 47.2 Å². The number of aliphatic hydroxyl groups excluding tert-OH is 3. The molecule has 4 rings (SSSR count). The van der Waals surface area contributed by atoms with Crippen molar-refractivity contribution in [3.8, 4) is 11.8 Å². The van der Waals surface area contributed by atoms with Gasteiger partial charge < -0.3 is 29.3 Å². The zero-order chi connectivity index (χ0) is 23.2. The van der Waals surface area contributed by atoms with Crippen LogP contribution in [0.3, 0.4) is 0 Å². The predicted molar refractivity (Wildman–Crippen MR) is 123 cm³/mol. The highest BCUT2D eigenvalue weighted by Gasteiger charge is 2.22. The molecule has 33 heavy (non-hydrogen) atoms. The standard InChI is InChI=1S/C24H29N5O4/c1-18(32)24-25-8-9-29(24)15-20-14-23(33-26-20)7-4-19-2-5-21(6-3-19)27-10-12-28(13-11-27)22(16-30)17-31/h2-3,5-6,8-9,14,18,22,30-32H,10-13,15-17H2,1H3/t18-/m0/s1. The van der Waals surface area contributed by atoms with Gasteiger partial charge in [-0.15, -0.1) is 0 Å². The van der Waals surface area contributed by atoms with Gasteiger partial charge in [-0.2, -0.15) is 0 Å². The van der Waals surface area contributed by atoms with E-state index in [4.69, 9.17) is 4.52 Å². The molecular weight excluding hydrogens is 422 g/mol. The largest absolute Gasteiger partial charge is 0.395 e. The maximum absolute atomic E-state index is 9.77. The smallest absolute Gasteiger partial charge is 0.210 e. The molecule has 1 saturated heterocycles. The third kappa shape index (κ3) is 5.61. The first-order valence-corrected chi connectivity index (χ1v) is 11.0. The van der Waals surface area contributed by atoms with Gasteiger partial charge >= 0.3 is 0 Å². The molecule has 0 radical (unpaired) electrons. The molecule has 1 aliphatic rings. The number of piperazine rings is 1. The van der Waals surface area contributed by atoms with Gasteiger partial charge in [-0.1, -0.05) is 11.1 Å². The minimum absolute atomic E-state index is 0.0248. The molecule has 3 heterocycles. The van der Waals surface area contributed by atoms with Crippen molar-refractivity contribution in [1.29, 1.82) is 0 Å². The monoisotopic (exact) mass is 451 g/mol. The highest BCUT2D eigenvalue weighted by atomic mass is 16.5. The summed E-state index contributed by atoms with van der Waals surface area (Å²) in [6.07, 6.45) is 2.78. The molecule has 1 atom stereocenters.